The van der Waals surface area contributed by atoms with E-state index in [1.165, 1.54) is 30.4 Å². The number of hydrogen-bond acceptors (Lipinski definition) is 4. The fraction of sp³-hybridized carbons (Fsp3) is 0.529. The minimum Gasteiger partial charge on any atom is -0.339 e. The van der Waals surface area contributed by atoms with Crippen LogP contribution in [-0.4, -0.2) is 23.2 Å². The molecule has 120 valence electrons. The average Bonchev–Trinajstić information content (AvgIpc) is 2.94. The average molecular weight is 322 g/mol. The summed E-state index contributed by atoms with van der Waals surface area (Å²) in [7, 11) is 1.95. The Morgan fingerprint density at radius 1 is 1.36 bits per heavy atom. The molecule has 5 heteroatoms. The highest BCUT2D eigenvalue weighted by atomic mass is 35.5. The number of rotatable bonds is 5. The van der Waals surface area contributed by atoms with Crippen molar-refractivity contribution in [1.82, 2.24) is 15.5 Å². The van der Waals surface area contributed by atoms with E-state index in [1.807, 2.05) is 7.05 Å². The smallest absolute Gasteiger partial charge is 0.227 e. The van der Waals surface area contributed by atoms with Crippen molar-refractivity contribution in [2.75, 3.05) is 7.05 Å². The predicted octanol–water partition coefficient (Wildman–Crippen LogP) is 3.30. The lowest BCUT2D eigenvalue weighted by Gasteiger charge is -2.24. The summed E-state index contributed by atoms with van der Waals surface area (Å²) in [6.45, 7) is 2.12. The first-order valence-electron chi connectivity index (χ1n) is 7.82. The van der Waals surface area contributed by atoms with E-state index in [9.17, 15) is 0 Å². The van der Waals surface area contributed by atoms with Gasteiger partial charge in [-0.1, -0.05) is 29.4 Å². The summed E-state index contributed by atoms with van der Waals surface area (Å²) < 4.78 is 5.44. The monoisotopic (exact) mass is 321 g/mol. The zero-order chi connectivity index (χ0) is 14.7. The molecule has 0 radical (unpaired) electrons. The maximum atomic E-state index is 5.44. The van der Waals surface area contributed by atoms with Crippen LogP contribution in [0.1, 0.15) is 48.5 Å². The van der Waals surface area contributed by atoms with Gasteiger partial charge in [-0.05, 0) is 50.3 Å². The first-order valence-corrected chi connectivity index (χ1v) is 7.82. The molecule has 0 aliphatic heterocycles. The van der Waals surface area contributed by atoms with Crippen LogP contribution in [0.2, 0.25) is 0 Å². The van der Waals surface area contributed by atoms with Gasteiger partial charge in [0.15, 0.2) is 5.82 Å². The van der Waals surface area contributed by atoms with E-state index in [4.69, 9.17) is 4.52 Å². The second kappa shape index (κ2) is 7.75. The SMILES string of the molecule is CNC(C)Cc1noc(CC2CCCc3ccccc32)n1.Cl. The molecule has 2 aromatic rings. The number of nitrogens with zero attached hydrogens (tertiary/aromatic N) is 2. The van der Waals surface area contributed by atoms with Crippen LogP contribution >= 0.6 is 12.4 Å². The van der Waals surface area contributed by atoms with Crippen molar-refractivity contribution < 1.29 is 4.52 Å². The number of likely N-dealkylation sites (N-methyl/N-ethyl adjacent to an activating group) is 1. The summed E-state index contributed by atoms with van der Waals surface area (Å²) in [5, 5.41) is 7.29. The standard InChI is InChI=1S/C17H23N3O.ClH/c1-12(18-2)10-16-19-17(21-20-16)11-14-8-5-7-13-6-3-4-9-15(13)14;/h3-4,6,9,12,14,18H,5,7-8,10-11H2,1-2H3;1H. The van der Waals surface area contributed by atoms with E-state index in [1.54, 1.807) is 0 Å². The van der Waals surface area contributed by atoms with Crippen molar-refractivity contribution >= 4 is 12.4 Å². The van der Waals surface area contributed by atoms with Gasteiger partial charge in [0, 0.05) is 18.9 Å². The van der Waals surface area contributed by atoms with Crippen LogP contribution in [0, 0.1) is 0 Å². The molecule has 2 atom stereocenters. The van der Waals surface area contributed by atoms with Gasteiger partial charge in [0.05, 0.1) is 0 Å². The normalized spacial score (nSPS) is 18.4. The van der Waals surface area contributed by atoms with Crippen LogP contribution in [0.5, 0.6) is 0 Å². The Hall–Kier alpha value is -1.39. The highest BCUT2D eigenvalue weighted by molar-refractivity contribution is 5.85. The lowest BCUT2D eigenvalue weighted by molar-refractivity contribution is 0.356. The van der Waals surface area contributed by atoms with E-state index >= 15 is 0 Å². The summed E-state index contributed by atoms with van der Waals surface area (Å²) in [6.07, 6.45) is 5.32. The van der Waals surface area contributed by atoms with Crippen molar-refractivity contribution in [1.29, 1.82) is 0 Å². The molecule has 1 aliphatic carbocycles. The number of halogens is 1. The van der Waals surface area contributed by atoms with E-state index in [0.29, 0.717) is 12.0 Å². The van der Waals surface area contributed by atoms with Crippen molar-refractivity contribution in [2.24, 2.45) is 0 Å². The molecule has 0 bridgehead atoms. The largest absolute Gasteiger partial charge is 0.339 e. The van der Waals surface area contributed by atoms with Crippen LogP contribution in [0.15, 0.2) is 28.8 Å². The number of benzene rings is 1. The van der Waals surface area contributed by atoms with Crippen LogP contribution in [-0.2, 0) is 19.3 Å². The predicted molar refractivity (Wildman–Crippen MR) is 89.6 cm³/mol. The fourth-order valence-corrected chi connectivity index (χ4v) is 3.11. The molecule has 3 rings (SSSR count). The maximum Gasteiger partial charge on any atom is 0.227 e. The molecular weight excluding hydrogens is 298 g/mol. The van der Waals surface area contributed by atoms with E-state index < -0.39 is 0 Å². The van der Waals surface area contributed by atoms with Crippen molar-refractivity contribution in [3.05, 3.63) is 47.1 Å². The molecule has 1 aromatic carbocycles. The molecule has 1 heterocycles. The summed E-state index contributed by atoms with van der Waals surface area (Å²) in [5.74, 6) is 2.09. The molecule has 0 saturated heterocycles. The molecule has 0 spiro atoms. The Morgan fingerprint density at radius 2 is 2.18 bits per heavy atom. The number of fused-ring (bicyclic) bond motifs is 1. The van der Waals surface area contributed by atoms with Gasteiger partial charge in [0.25, 0.3) is 0 Å². The number of aromatic nitrogens is 2. The maximum absolute atomic E-state index is 5.44. The third kappa shape index (κ3) is 3.87. The summed E-state index contributed by atoms with van der Waals surface area (Å²) in [6, 6.07) is 9.12. The van der Waals surface area contributed by atoms with Gasteiger partial charge in [-0.15, -0.1) is 12.4 Å². The van der Waals surface area contributed by atoms with Gasteiger partial charge in [0.2, 0.25) is 5.89 Å². The number of aryl methyl sites for hydroxylation is 1. The first kappa shape index (κ1) is 17.0. The lowest BCUT2D eigenvalue weighted by atomic mass is 9.81. The zero-order valence-electron chi connectivity index (χ0n) is 13.2. The Kier molecular flexibility index (Phi) is 5.98. The summed E-state index contributed by atoms with van der Waals surface area (Å²) in [4.78, 5) is 4.55. The van der Waals surface area contributed by atoms with Crippen molar-refractivity contribution in [3.63, 3.8) is 0 Å². The Morgan fingerprint density at radius 3 is 3.00 bits per heavy atom. The minimum atomic E-state index is 0. The molecule has 22 heavy (non-hydrogen) atoms. The second-order valence-electron chi connectivity index (χ2n) is 5.99. The van der Waals surface area contributed by atoms with E-state index in [2.05, 4.69) is 46.6 Å². The van der Waals surface area contributed by atoms with Crippen molar-refractivity contribution in [2.45, 2.75) is 51.0 Å². The second-order valence-corrected chi connectivity index (χ2v) is 5.99. The highest BCUT2D eigenvalue weighted by Gasteiger charge is 2.22. The Bertz CT molecular complexity index is 599. The number of hydrogen-bond donors (Lipinski definition) is 1. The zero-order valence-corrected chi connectivity index (χ0v) is 14.0. The molecule has 0 fully saturated rings. The third-order valence-corrected chi connectivity index (χ3v) is 4.41. The summed E-state index contributed by atoms with van der Waals surface area (Å²) >= 11 is 0. The van der Waals surface area contributed by atoms with Gasteiger partial charge in [-0.3, -0.25) is 0 Å². The molecule has 2 unspecified atom stereocenters. The quantitative estimate of drug-likeness (QED) is 0.918. The topological polar surface area (TPSA) is 51.0 Å². The minimum absolute atomic E-state index is 0. The molecule has 1 aliphatic rings. The number of nitrogens with one attached hydrogen (secondary N) is 1. The molecule has 1 aromatic heterocycles. The Balaban J connectivity index is 0.00000176. The summed E-state index contributed by atoms with van der Waals surface area (Å²) in [5.41, 5.74) is 2.95. The van der Waals surface area contributed by atoms with Gasteiger partial charge >= 0.3 is 0 Å². The Labute approximate surface area is 138 Å². The van der Waals surface area contributed by atoms with Crippen LogP contribution in [0.3, 0.4) is 0 Å². The highest BCUT2D eigenvalue weighted by Crippen LogP contribution is 2.33. The third-order valence-electron chi connectivity index (χ3n) is 4.41. The fourth-order valence-electron chi connectivity index (χ4n) is 3.11. The van der Waals surface area contributed by atoms with Crippen LogP contribution in [0.25, 0.3) is 0 Å². The molecular formula is C17H24ClN3O. The molecule has 0 amide bonds. The van der Waals surface area contributed by atoms with Crippen LogP contribution < -0.4 is 5.32 Å². The van der Waals surface area contributed by atoms with Crippen LogP contribution in [0.4, 0.5) is 0 Å². The molecule has 1 N–H and O–H groups in total. The lowest BCUT2D eigenvalue weighted by Crippen LogP contribution is -2.24. The van der Waals surface area contributed by atoms with Gasteiger partial charge in [-0.2, -0.15) is 4.98 Å². The van der Waals surface area contributed by atoms with Crippen molar-refractivity contribution in [3.8, 4) is 0 Å². The van der Waals surface area contributed by atoms with E-state index in [-0.39, 0.29) is 12.4 Å². The molecule has 4 nitrogen and oxygen atoms in total. The molecule has 0 saturated carbocycles. The van der Waals surface area contributed by atoms with Gasteiger partial charge < -0.3 is 9.84 Å². The van der Waals surface area contributed by atoms with Gasteiger partial charge in [-0.25, -0.2) is 0 Å². The van der Waals surface area contributed by atoms with E-state index in [0.717, 1.165) is 24.6 Å². The van der Waals surface area contributed by atoms with Gasteiger partial charge in [0.1, 0.15) is 0 Å². The first-order chi connectivity index (χ1) is 10.3.